The largest absolute Gasteiger partial charge is 0.435 e. The van der Waals surface area contributed by atoms with E-state index < -0.39 is 82.8 Å². The van der Waals surface area contributed by atoms with Crippen molar-refractivity contribution in [2.45, 2.75) is 56.1 Å². The third kappa shape index (κ3) is 4.94. The molecule has 1 aliphatic heterocycles. The number of aryl methyl sites for hydroxylation is 1. The lowest BCUT2D eigenvalue weighted by molar-refractivity contribution is -0.276. The van der Waals surface area contributed by atoms with E-state index in [1.54, 1.807) is 0 Å². The minimum atomic E-state index is -5.44. The molecule has 1 aromatic carbocycles. The second-order valence-corrected chi connectivity index (χ2v) is 9.17. The fourth-order valence-electron chi connectivity index (χ4n) is 4.04. The SMILES string of the molecule is Cc1cc(C2=NO[C@@](c3cc(C(F)(F)F)cc(Cl)c3F)(C(F)(F)F)C2)ncc1C(=O)NC1CC(F)(F)C1. The number of amides is 1. The Hall–Kier alpha value is -3.03. The molecule has 1 amide bonds. The topological polar surface area (TPSA) is 63.6 Å². The van der Waals surface area contributed by atoms with Crippen molar-refractivity contribution < 1.29 is 49.1 Å². The number of nitrogens with one attached hydrogen (secondary N) is 1. The van der Waals surface area contributed by atoms with Crippen LogP contribution in [0.3, 0.4) is 0 Å². The van der Waals surface area contributed by atoms with Crippen LogP contribution in [0.5, 0.6) is 0 Å². The molecule has 2 aliphatic rings. The van der Waals surface area contributed by atoms with Gasteiger partial charge in [-0.05, 0) is 30.7 Å². The van der Waals surface area contributed by atoms with Crippen LogP contribution in [0.1, 0.15) is 52.0 Å². The molecule has 5 nitrogen and oxygen atoms in total. The molecule has 4 rings (SSSR count). The molecule has 15 heteroatoms. The van der Waals surface area contributed by atoms with Gasteiger partial charge in [-0.15, -0.1) is 0 Å². The number of nitrogens with zero attached hydrogens (tertiary/aromatic N) is 2. The summed E-state index contributed by atoms with van der Waals surface area (Å²) in [6, 6.07) is 0.522. The molecule has 1 aromatic heterocycles. The van der Waals surface area contributed by atoms with Crippen LogP contribution in [0.2, 0.25) is 5.02 Å². The Morgan fingerprint density at radius 2 is 1.78 bits per heavy atom. The van der Waals surface area contributed by atoms with Gasteiger partial charge in [0.2, 0.25) is 0 Å². The van der Waals surface area contributed by atoms with Gasteiger partial charge in [-0.1, -0.05) is 16.8 Å². The highest BCUT2D eigenvalue weighted by molar-refractivity contribution is 6.30. The fourth-order valence-corrected chi connectivity index (χ4v) is 4.26. The smallest absolute Gasteiger partial charge is 0.374 e. The quantitative estimate of drug-likeness (QED) is 0.447. The van der Waals surface area contributed by atoms with Gasteiger partial charge in [-0.25, -0.2) is 13.2 Å². The summed E-state index contributed by atoms with van der Waals surface area (Å²) in [6.07, 6.45) is -11.9. The summed E-state index contributed by atoms with van der Waals surface area (Å²) in [4.78, 5) is 20.8. The average molecular weight is 560 g/mol. The number of pyridine rings is 1. The van der Waals surface area contributed by atoms with Gasteiger partial charge < -0.3 is 10.2 Å². The van der Waals surface area contributed by atoms with E-state index in [-0.39, 0.29) is 29.0 Å². The summed E-state index contributed by atoms with van der Waals surface area (Å²) in [7, 11) is 0. The summed E-state index contributed by atoms with van der Waals surface area (Å²) in [6.45, 7) is 1.40. The molecule has 1 aliphatic carbocycles. The molecule has 2 heterocycles. The number of aromatic nitrogens is 1. The van der Waals surface area contributed by atoms with E-state index in [2.05, 4.69) is 20.3 Å². The molecule has 1 N–H and O–H groups in total. The minimum Gasteiger partial charge on any atom is -0.374 e. The molecular weight excluding hydrogens is 545 g/mol. The van der Waals surface area contributed by atoms with Gasteiger partial charge >= 0.3 is 12.4 Å². The number of alkyl halides is 8. The predicted octanol–water partition coefficient (Wildman–Crippen LogP) is 6.31. The van der Waals surface area contributed by atoms with E-state index >= 15 is 0 Å². The van der Waals surface area contributed by atoms with Crippen molar-refractivity contribution in [3.8, 4) is 0 Å². The van der Waals surface area contributed by atoms with Gasteiger partial charge in [0.25, 0.3) is 17.4 Å². The first-order valence-electron chi connectivity index (χ1n) is 10.5. The Morgan fingerprint density at radius 3 is 2.32 bits per heavy atom. The zero-order valence-electron chi connectivity index (χ0n) is 18.5. The van der Waals surface area contributed by atoms with Crippen LogP contribution in [0, 0.1) is 12.7 Å². The highest BCUT2D eigenvalue weighted by Crippen LogP contribution is 2.51. The standard InChI is InChI=1S/C22H15ClF9N3O2/c1-9-2-15(33-8-12(9)18(36)34-11-5-19(25,26)6-11)16-7-20(37-35-16,22(30,31)32)13-3-10(21(27,28)29)4-14(23)17(13)24/h2-4,8,11H,5-7H2,1H3,(H,34,36)/t20-/m0/s1. The molecular formula is C22H15ClF9N3O2. The lowest BCUT2D eigenvalue weighted by Crippen LogP contribution is -2.50. The van der Waals surface area contributed by atoms with Crippen LogP contribution in [-0.2, 0) is 16.6 Å². The highest BCUT2D eigenvalue weighted by Gasteiger charge is 2.64. The predicted molar refractivity (Wildman–Crippen MR) is 111 cm³/mol. The van der Waals surface area contributed by atoms with Crippen LogP contribution >= 0.6 is 11.6 Å². The van der Waals surface area contributed by atoms with E-state index in [0.717, 1.165) is 12.3 Å². The van der Waals surface area contributed by atoms with E-state index in [0.29, 0.717) is 0 Å². The van der Waals surface area contributed by atoms with Crippen molar-refractivity contribution in [2.75, 3.05) is 0 Å². The van der Waals surface area contributed by atoms with Crippen LogP contribution in [0.25, 0.3) is 0 Å². The molecule has 0 radical (unpaired) electrons. The lowest BCUT2D eigenvalue weighted by atomic mass is 9.85. The second-order valence-electron chi connectivity index (χ2n) is 8.77. The second kappa shape index (κ2) is 8.77. The maximum absolute atomic E-state index is 14.7. The Kier molecular flexibility index (Phi) is 6.41. The fraction of sp³-hybridized carbons (Fsp3) is 0.409. The van der Waals surface area contributed by atoms with E-state index in [4.69, 9.17) is 11.6 Å². The van der Waals surface area contributed by atoms with Crippen LogP contribution in [0.4, 0.5) is 39.5 Å². The maximum Gasteiger partial charge on any atom is 0.435 e. The molecule has 1 saturated carbocycles. The van der Waals surface area contributed by atoms with Crippen molar-refractivity contribution in [3.63, 3.8) is 0 Å². The highest BCUT2D eigenvalue weighted by atomic mass is 35.5. The molecule has 0 spiro atoms. The van der Waals surface area contributed by atoms with Gasteiger partial charge in [0.05, 0.1) is 28.3 Å². The summed E-state index contributed by atoms with van der Waals surface area (Å²) in [5.74, 6) is -5.36. The number of halogens is 10. The molecule has 200 valence electrons. The maximum atomic E-state index is 14.7. The monoisotopic (exact) mass is 559 g/mol. The number of carbonyl (C=O) groups excluding carboxylic acids is 1. The Balaban J connectivity index is 1.63. The van der Waals surface area contributed by atoms with Gasteiger partial charge in [0.15, 0.2) is 0 Å². The Labute approximate surface area is 207 Å². The van der Waals surface area contributed by atoms with Crippen molar-refractivity contribution in [1.82, 2.24) is 10.3 Å². The number of hydrogen-bond acceptors (Lipinski definition) is 4. The molecule has 2 aromatic rings. The van der Waals surface area contributed by atoms with E-state index in [9.17, 15) is 44.3 Å². The van der Waals surface area contributed by atoms with Gasteiger partial charge in [-0.3, -0.25) is 9.78 Å². The van der Waals surface area contributed by atoms with Crippen LogP contribution in [0.15, 0.2) is 29.6 Å². The summed E-state index contributed by atoms with van der Waals surface area (Å²) in [5.41, 5.74) is -7.34. The van der Waals surface area contributed by atoms with E-state index in [1.807, 2.05) is 0 Å². The van der Waals surface area contributed by atoms with Crippen LogP contribution < -0.4 is 5.32 Å². The summed E-state index contributed by atoms with van der Waals surface area (Å²) >= 11 is 5.48. The van der Waals surface area contributed by atoms with Crippen molar-refractivity contribution >= 4 is 23.2 Å². The van der Waals surface area contributed by atoms with Crippen molar-refractivity contribution in [3.05, 3.63) is 63.2 Å². The molecule has 0 bridgehead atoms. The van der Waals surface area contributed by atoms with E-state index in [1.165, 1.54) is 6.92 Å². The van der Waals surface area contributed by atoms with Crippen molar-refractivity contribution in [2.24, 2.45) is 5.16 Å². The first kappa shape index (κ1) is 27.0. The molecule has 0 saturated heterocycles. The van der Waals surface area contributed by atoms with Crippen LogP contribution in [-0.4, -0.2) is 34.7 Å². The number of rotatable bonds is 4. The summed E-state index contributed by atoms with van der Waals surface area (Å²) < 4.78 is 123. The molecule has 1 atom stereocenters. The lowest BCUT2D eigenvalue weighted by Gasteiger charge is -2.35. The normalized spacial score (nSPS) is 21.8. The summed E-state index contributed by atoms with van der Waals surface area (Å²) in [5, 5.41) is 4.52. The van der Waals surface area contributed by atoms with Crippen molar-refractivity contribution in [1.29, 1.82) is 0 Å². The average Bonchev–Trinajstić information content (AvgIpc) is 3.20. The molecule has 0 unspecified atom stereocenters. The zero-order chi connectivity index (χ0) is 27.6. The zero-order valence-corrected chi connectivity index (χ0v) is 19.3. The van der Waals surface area contributed by atoms with Gasteiger partial charge in [0, 0.05) is 30.6 Å². The third-order valence-corrected chi connectivity index (χ3v) is 6.33. The molecule has 1 fully saturated rings. The van der Waals surface area contributed by atoms with Gasteiger partial charge in [0.1, 0.15) is 11.5 Å². The number of hydrogen-bond donors (Lipinski definition) is 1. The first-order valence-corrected chi connectivity index (χ1v) is 10.9. The van der Waals surface area contributed by atoms with Gasteiger partial charge in [-0.2, -0.15) is 26.3 Å². The number of benzene rings is 1. The first-order chi connectivity index (χ1) is 16.9. The third-order valence-electron chi connectivity index (χ3n) is 6.05. The minimum absolute atomic E-state index is 0.0384. The Bertz CT molecular complexity index is 1290. The Morgan fingerprint density at radius 1 is 1.14 bits per heavy atom. The number of oxime groups is 1. The number of carbonyl (C=O) groups is 1. The molecule has 37 heavy (non-hydrogen) atoms.